The molecule has 0 radical (unpaired) electrons. The van der Waals surface area contributed by atoms with Gasteiger partial charge in [0.05, 0.1) is 0 Å². The zero-order valence-electron chi connectivity index (χ0n) is 10.3. The van der Waals surface area contributed by atoms with E-state index in [4.69, 9.17) is 5.11 Å². The van der Waals surface area contributed by atoms with E-state index >= 15 is 0 Å². The lowest BCUT2D eigenvalue weighted by molar-refractivity contribution is -0.131. The molecule has 0 aromatic heterocycles. The number of carboxylic acid groups (broad SMARTS) is 1. The first kappa shape index (κ1) is 13.7. The summed E-state index contributed by atoms with van der Waals surface area (Å²) in [4.78, 5) is 22.4. The number of carbonyl (C=O) groups is 2. The number of thioether (sulfide) groups is 1. The van der Waals surface area contributed by atoms with Gasteiger partial charge in [0.1, 0.15) is 0 Å². The minimum atomic E-state index is -0.989. The number of nitrogens with one attached hydrogen (secondary N) is 1. The average Bonchev–Trinajstić information content (AvgIpc) is 2.91. The third-order valence-electron chi connectivity index (χ3n) is 2.87. The van der Waals surface area contributed by atoms with E-state index in [-0.39, 0.29) is 11.8 Å². The molecule has 1 unspecified atom stereocenters. The van der Waals surface area contributed by atoms with Crippen LogP contribution in [0.2, 0.25) is 0 Å². The van der Waals surface area contributed by atoms with Crippen molar-refractivity contribution in [2.45, 2.75) is 6.42 Å². The molecule has 0 bridgehead atoms. The van der Waals surface area contributed by atoms with Gasteiger partial charge in [-0.2, -0.15) is 11.8 Å². The zero-order chi connectivity index (χ0) is 13.7. The molecule has 2 N–H and O–H groups in total. The number of carboxylic acids is 1. The number of amides is 1. The monoisotopic (exact) mass is 277 g/mol. The molecule has 2 rings (SSSR count). The predicted molar refractivity (Wildman–Crippen MR) is 77.2 cm³/mol. The summed E-state index contributed by atoms with van der Waals surface area (Å²) in [5.41, 5.74) is 1.45. The summed E-state index contributed by atoms with van der Waals surface area (Å²) in [7, 11) is 0. The van der Waals surface area contributed by atoms with Crippen molar-refractivity contribution in [3.63, 3.8) is 0 Å². The van der Waals surface area contributed by atoms with Gasteiger partial charge >= 0.3 is 5.97 Å². The van der Waals surface area contributed by atoms with Gasteiger partial charge in [-0.3, -0.25) is 4.79 Å². The Morgan fingerprint density at radius 3 is 2.95 bits per heavy atom. The second-order valence-corrected chi connectivity index (χ2v) is 5.50. The molecular weight excluding hydrogens is 262 g/mol. The molecule has 0 saturated carbocycles. The molecule has 1 aliphatic rings. The molecular formula is C14H15NO3S. The smallest absolute Gasteiger partial charge is 0.328 e. The molecule has 1 aromatic carbocycles. The van der Waals surface area contributed by atoms with Crippen LogP contribution in [0.5, 0.6) is 0 Å². The molecule has 1 heterocycles. The van der Waals surface area contributed by atoms with Gasteiger partial charge in [-0.15, -0.1) is 0 Å². The molecule has 1 aliphatic heterocycles. The Morgan fingerprint density at radius 2 is 2.26 bits per heavy atom. The molecule has 1 fully saturated rings. The maximum atomic E-state index is 12.0. The van der Waals surface area contributed by atoms with Crippen LogP contribution in [0.15, 0.2) is 30.3 Å². The van der Waals surface area contributed by atoms with E-state index in [2.05, 4.69) is 5.32 Å². The van der Waals surface area contributed by atoms with Crippen LogP contribution in [-0.2, 0) is 9.59 Å². The molecule has 19 heavy (non-hydrogen) atoms. The topological polar surface area (TPSA) is 66.4 Å². The summed E-state index contributed by atoms with van der Waals surface area (Å²) < 4.78 is 0. The Hall–Kier alpha value is -1.75. The highest BCUT2D eigenvalue weighted by Gasteiger charge is 2.22. The first-order chi connectivity index (χ1) is 9.15. The number of hydrogen-bond acceptors (Lipinski definition) is 3. The third-order valence-corrected chi connectivity index (χ3v) is 4.04. The summed E-state index contributed by atoms with van der Waals surface area (Å²) in [6.45, 7) is 0. The van der Waals surface area contributed by atoms with E-state index in [1.165, 1.54) is 6.08 Å². The van der Waals surface area contributed by atoms with Gasteiger partial charge in [0, 0.05) is 23.4 Å². The van der Waals surface area contributed by atoms with E-state index in [0.717, 1.165) is 29.6 Å². The number of aliphatic carboxylic acids is 1. The van der Waals surface area contributed by atoms with Crippen LogP contribution in [0.3, 0.4) is 0 Å². The Balaban J connectivity index is 2.02. The maximum Gasteiger partial charge on any atom is 0.328 e. The number of rotatable bonds is 4. The van der Waals surface area contributed by atoms with E-state index < -0.39 is 5.97 Å². The highest BCUT2D eigenvalue weighted by atomic mass is 32.2. The van der Waals surface area contributed by atoms with Crippen LogP contribution in [-0.4, -0.2) is 28.5 Å². The third kappa shape index (κ3) is 4.13. The molecule has 1 saturated heterocycles. The zero-order valence-corrected chi connectivity index (χ0v) is 11.2. The highest BCUT2D eigenvalue weighted by Crippen LogP contribution is 2.24. The Kier molecular flexibility index (Phi) is 4.63. The van der Waals surface area contributed by atoms with Crippen LogP contribution >= 0.6 is 11.8 Å². The van der Waals surface area contributed by atoms with E-state index in [1.807, 2.05) is 0 Å². The molecule has 0 spiro atoms. The number of benzene rings is 1. The average molecular weight is 277 g/mol. The lowest BCUT2D eigenvalue weighted by Crippen LogP contribution is -2.22. The van der Waals surface area contributed by atoms with E-state index in [0.29, 0.717) is 5.69 Å². The first-order valence-electron chi connectivity index (χ1n) is 6.05. The molecule has 1 atom stereocenters. The highest BCUT2D eigenvalue weighted by molar-refractivity contribution is 7.99. The standard InChI is InChI=1S/C14H15NO3S/c16-13(17)5-4-10-2-1-3-12(8-10)15-14(18)11-6-7-19-9-11/h1-5,8,11H,6-7,9H2,(H,15,18)(H,16,17). The largest absolute Gasteiger partial charge is 0.478 e. The van der Waals surface area contributed by atoms with Gasteiger partial charge in [-0.05, 0) is 35.9 Å². The Labute approximate surface area is 115 Å². The van der Waals surface area contributed by atoms with Gasteiger partial charge in [-0.25, -0.2) is 4.79 Å². The number of hydrogen-bond donors (Lipinski definition) is 2. The van der Waals surface area contributed by atoms with Crippen LogP contribution in [0.4, 0.5) is 5.69 Å². The normalized spacial score (nSPS) is 18.6. The summed E-state index contributed by atoms with van der Waals surface area (Å²) in [5.74, 6) is 1.06. The van der Waals surface area contributed by atoms with Crippen molar-refractivity contribution < 1.29 is 14.7 Å². The molecule has 5 heteroatoms. The second kappa shape index (κ2) is 6.43. The van der Waals surface area contributed by atoms with Crippen LogP contribution in [0.25, 0.3) is 6.08 Å². The summed E-state index contributed by atoms with van der Waals surface area (Å²) in [6.07, 6.45) is 3.51. The van der Waals surface area contributed by atoms with Crippen molar-refractivity contribution in [2.75, 3.05) is 16.8 Å². The molecule has 1 amide bonds. The van der Waals surface area contributed by atoms with Crippen LogP contribution in [0, 0.1) is 5.92 Å². The van der Waals surface area contributed by atoms with Gasteiger partial charge in [-0.1, -0.05) is 12.1 Å². The summed E-state index contributed by atoms with van der Waals surface area (Å²) >= 11 is 1.80. The molecule has 0 aliphatic carbocycles. The van der Waals surface area contributed by atoms with Gasteiger partial charge < -0.3 is 10.4 Å². The van der Waals surface area contributed by atoms with Crippen molar-refractivity contribution >= 4 is 35.4 Å². The molecule has 100 valence electrons. The predicted octanol–water partition coefficient (Wildman–Crippen LogP) is 2.48. The minimum absolute atomic E-state index is 0.0457. The molecule has 1 aromatic rings. The SMILES string of the molecule is O=C(O)C=Cc1cccc(NC(=O)C2CCSC2)c1. The number of carbonyl (C=O) groups excluding carboxylic acids is 1. The van der Waals surface area contributed by atoms with Crippen molar-refractivity contribution in [1.29, 1.82) is 0 Å². The maximum absolute atomic E-state index is 12.0. The Morgan fingerprint density at radius 1 is 1.42 bits per heavy atom. The van der Waals surface area contributed by atoms with Crippen LogP contribution < -0.4 is 5.32 Å². The molecule has 4 nitrogen and oxygen atoms in total. The Bertz CT molecular complexity index is 507. The van der Waals surface area contributed by atoms with Gasteiger partial charge in [0.2, 0.25) is 5.91 Å². The second-order valence-electron chi connectivity index (χ2n) is 4.35. The van der Waals surface area contributed by atoms with E-state index in [9.17, 15) is 9.59 Å². The van der Waals surface area contributed by atoms with Crippen molar-refractivity contribution in [3.05, 3.63) is 35.9 Å². The fourth-order valence-corrected chi connectivity index (χ4v) is 3.09. The lowest BCUT2D eigenvalue weighted by atomic mass is 10.1. The quantitative estimate of drug-likeness (QED) is 0.830. The van der Waals surface area contributed by atoms with E-state index in [1.54, 1.807) is 36.0 Å². The van der Waals surface area contributed by atoms with Crippen LogP contribution in [0.1, 0.15) is 12.0 Å². The fourth-order valence-electron chi connectivity index (χ4n) is 1.87. The van der Waals surface area contributed by atoms with Crippen molar-refractivity contribution in [3.8, 4) is 0 Å². The van der Waals surface area contributed by atoms with Gasteiger partial charge in [0.25, 0.3) is 0 Å². The number of anilines is 1. The van der Waals surface area contributed by atoms with Crippen molar-refractivity contribution in [1.82, 2.24) is 0 Å². The minimum Gasteiger partial charge on any atom is -0.478 e. The summed E-state index contributed by atoms with van der Waals surface area (Å²) in [6, 6.07) is 7.15. The van der Waals surface area contributed by atoms with Gasteiger partial charge in [0.15, 0.2) is 0 Å². The fraction of sp³-hybridized carbons (Fsp3) is 0.286. The first-order valence-corrected chi connectivity index (χ1v) is 7.20. The van der Waals surface area contributed by atoms with Crippen molar-refractivity contribution in [2.24, 2.45) is 5.92 Å². The lowest BCUT2D eigenvalue weighted by Gasteiger charge is -2.10. The summed E-state index contributed by atoms with van der Waals surface area (Å²) in [5, 5.41) is 11.5.